The molecule has 3 rings (SSSR count). The number of phosphoric acid groups is 1. The van der Waals surface area contributed by atoms with Crippen molar-refractivity contribution in [1.82, 2.24) is 0 Å². The van der Waals surface area contributed by atoms with Crippen LogP contribution >= 0.6 is 7.82 Å². The summed E-state index contributed by atoms with van der Waals surface area (Å²) < 4.78 is 33.1. The van der Waals surface area contributed by atoms with E-state index in [9.17, 15) is 14.3 Å². The second kappa shape index (κ2) is 13.0. The number of phosphoric ester groups is 1. The molecule has 1 N–H and O–H groups in total. The lowest BCUT2D eigenvalue weighted by Crippen LogP contribution is -2.14. The molecule has 7 nitrogen and oxygen atoms in total. The largest absolute Gasteiger partial charge is 0.584 e. The minimum Gasteiger partial charge on any atom is -0.482 e. The highest BCUT2D eigenvalue weighted by atomic mass is 31.2. The Kier molecular flexibility index (Phi) is 9.74. The number of ether oxygens (including phenoxy) is 2. The Morgan fingerprint density at radius 3 is 1.67 bits per heavy atom. The molecule has 3 aromatic rings. The van der Waals surface area contributed by atoms with Crippen LogP contribution in [0.15, 0.2) is 78.9 Å². The first-order valence-electron chi connectivity index (χ1n) is 11.8. The second-order valence-electron chi connectivity index (χ2n) is 7.77. The van der Waals surface area contributed by atoms with Crippen molar-refractivity contribution in [3.8, 4) is 17.2 Å². The van der Waals surface area contributed by atoms with E-state index in [4.69, 9.17) is 18.5 Å². The molecule has 0 saturated carbocycles. The number of hydrogen-bond acceptors (Lipinski definition) is 6. The molecule has 0 fully saturated rings. The first-order valence-corrected chi connectivity index (χ1v) is 13.3. The van der Waals surface area contributed by atoms with Gasteiger partial charge in [0, 0.05) is 0 Å². The molecule has 0 bridgehead atoms. The second-order valence-corrected chi connectivity index (χ2v) is 9.07. The number of carbonyl (C=O) groups is 1. The standard InChI is InChI=1S/C28H31O7P/c1-4-26(21-12-16-23(17-13-21)33-20-28(29)32-6-3)27(5-2)22-14-18-25(19-15-22)35-36(30,31)34-24-10-8-7-9-11-24/h7-19H,4-6,20H2,1-3H3,(H,30,31)/b27-26+. The van der Waals surface area contributed by atoms with Gasteiger partial charge in [-0.15, -0.1) is 0 Å². The zero-order chi connectivity index (χ0) is 26.0. The Morgan fingerprint density at radius 1 is 0.722 bits per heavy atom. The van der Waals surface area contributed by atoms with Gasteiger partial charge >= 0.3 is 13.8 Å². The van der Waals surface area contributed by atoms with E-state index in [0.29, 0.717) is 12.4 Å². The van der Waals surface area contributed by atoms with Crippen LogP contribution in [0.2, 0.25) is 0 Å². The molecule has 190 valence electrons. The summed E-state index contributed by atoms with van der Waals surface area (Å²) in [7, 11) is -4.33. The lowest BCUT2D eigenvalue weighted by atomic mass is 9.91. The van der Waals surface area contributed by atoms with Crippen LogP contribution in [0.5, 0.6) is 17.2 Å². The quantitative estimate of drug-likeness (QED) is 0.161. The highest BCUT2D eigenvalue weighted by Crippen LogP contribution is 2.44. The lowest BCUT2D eigenvalue weighted by molar-refractivity contribution is -0.145. The predicted octanol–water partition coefficient (Wildman–Crippen LogP) is 6.92. The number of allylic oxidation sites excluding steroid dienone is 2. The summed E-state index contributed by atoms with van der Waals surface area (Å²) in [5.41, 5.74) is 4.36. The van der Waals surface area contributed by atoms with Crippen molar-refractivity contribution in [2.75, 3.05) is 13.2 Å². The van der Waals surface area contributed by atoms with Gasteiger partial charge in [-0.05, 0) is 78.4 Å². The SMILES string of the molecule is CCOC(=O)COc1ccc(/C(CC)=C(\CC)c2ccc(OP(=O)(O)Oc3ccccc3)cc2)cc1. The topological polar surface area (TPSA) is 91.3 Å². The van der Waals surface area contributed by atoms with Crippen molar-refractivity contribution in [3.05, 3.63) is 90.0 Å². The van der Waals surface area contributed by atoms with E-state index in [1.807, 2.05) is 36.4 Å². The first kappa shape index (κ1) is 27.1. The van der Waals surface area contributed by atoms with Crippen LogP contribution in [-0.4, -0.2) is 24.1 Å². The molecule has 0 aromatic heterocycles. The van der Waals surface area contributed by atoms with Crippen molar-refractivity contribution < 1.29 is 32.8 Å². The van der Waals surface area contributed by atoms with Crippen molar-refractivity contribution >= 4 is 24.9 Å². The van der Waals surface area contributed by atoms with Gasteiger partial charge < -0.3 is 18.5 Å². The highest BCUT2D eigenvalue weighted by Gasteiger charge is 2.25. The Hall–Kier alpha value is -3.54. The molecule has 0 amide bonds. The van der Waals surface area contributed by atoms with Gasteiger partial charge in [0.2, 0.25) is 0 Å². The Labute approximate surface area is 211 Å². The van der Waals surface area contributed by atoms with E-state index < -0.39 is 13.8 Å². The maximum atomic E-state index is 12.4. The number of hydrogen-bond donors (Lipinski definition) is 1. The Bertz CT molecular complexity index is 1200. The monoisotopic (exact) mass is 510 g/mol. The maximum Gasteiger partial charge on any atom is 0.584 e. The van der Waals surface area contributed by atoms with Crippen molar-refractivity contribution in [3.63, 3.8) is 0 Å². The Balaban J connectivity index is 1.74. The van der Waals surface area contributed by atoms with E-state index in [0.717, 1.165) is 29.5 Å². The molecule has 0 aliphatic rings. The van der Waals surface area contributed by atoms with Gasteiger partial charge in [-0.2, -0.15) is 0 Å². The van der Waals surface area contributed by atoms with Crippen LogP contribution in [0.25, 0.3) is 11.1 Å². The average Bonchev–Trinajstić information content (AvgIpc) is 2.87. The average molecular weight is 511 g/mol. The van der Waals surface area contributed by atoms with E-state index in [2.05, 4.69) is 13.8 Å². The van der Waals surface area contributed by atoms with Gasteiger partial charge in [-0.1, -0.05) is 56.3 Å². The Morgan fingerprint density at radius 2 is 1.19 bits per heavy atom. The number of carbonyl (C=O) groups excluding carboxylic acids is 1. The van der Waals surface area contributed by atoms with Crippen LogP contribution in [0.1, 0.15) is 44.7 Å². The summed E-state index contributed by atoms with van der Waals surface area (Å²) in [5.74, 6) is 0.673. The van der Waals surface area contributed by atoms with E-state index in [1.165, 1.54) is 5.57 Å². The molecule has 0 saturated heterocycles. The molecule has 8 heteroatoms. The fraction of sp³-hybridized carbons (Fsp3) is 0.250. The molecule has 1 unspecified atom stereocenters. The van der Waals surface area contributed by atoms with Gasteiger partial charge in [-0.3, -0.25) is 4.89 Å². The van der Waals surface area contributed by atoms with Gasteiger partial charge in [0.25, 0.3) is 0 Å². The van der Waals surface area contributed by atoms with Crippen molar-refractivity contribution in [2.24, 2.45) is 0 Å². The van der Waals surface area contributed by atoms with E-state index in [1.54, 1.807) is 49.4 Å². The third kappa shape index (κ3) is 7.74. The molecule has 0 aliphatic heterocycles. The fourth-order valence-corrected chi connectivity index (χ4v) is 4.58. The predicted molar refractivity (Wildman–Crippen MR) is 140 cm³/mol. The van der Waals surface area contributed by atoms with Gasteiger partial charge in [0.05, 0.1) is 6.61 Å². The minimum absolute atomic E-state index is 0.130. The summed E-state index contributed by atoms with van der Waals surface area (Å²) in [5, 5.41) is 0. The zero-order valence-corrected chi connectivity index (χ0v) is 21.6. The van der Waals surface area contributed by atoms with Crippen LogP contribution in [-0.2, 0) is 14.1 Å². The number of benzene rings is 3. The number of para-hydroxylation sites is 1. The normalized spacial score (nSPS) is 13.2. The smallest absolute Gasteiger partial charge is 0.482 e. The van der Waals surface area contributed by atoms with Crippen molar-refractivity contribution in [1.29, 1.82) is 0 Å². The van der Waals surface area contributed by atoms with E-state index >= 15 is 0 Å². The van der Waals surface area contributed by atoms with Gasteiger partial charge in [0.15, 0.2) is 6.61 Å². The first-order chi connectivity index (χ1) is 17.3. The fourth-order valence-electron chi connectivity index (χ4n) is 3.76. The van der Waals surface area contributed by atoms with Crippen LogP contribution in [0.4, 0.5) is 0 Å². The molecule has 0 aliphatic carbocycles. The van der Waals surface area contributed by atoms with Gasteiger partial charge in [0.1, 0.15) is 17.2 Å². The molecule has 0 spiro atoms. The number of rotatable bonds is 12. The summed E-state index contributed by atoms with van der Waals surface area (Å²) in [4.78, 5) is 21.6. The summed E-state index contributed by atoms with van der Waals surface area (Å²) >= 11 is 0. The van der Waals surface area contributed by atoms with Crippen LogP contribution in [0, 0.1) is 0 Å². The molecule has 0 heterocycles. The van der Waals surface area contributed by atoms with Crippen molar-refractivity contribution in [2.45, 2.75) is 33.6 Å². The highest BCUT2D eigenvalue weighted by molar-refractivity contribution is 7.48. The van der Waals surface area contributed by atoms with Gasteiger partial charge in [-0.25, -0.2) is 9.36 Å². The van der Waals surface area contributed by atoms with E-state index in [-0.39, 0.29) is 18.1 Å². The van der Waals surface area contributed by atoms with Crippen LogP contribution in [0.3, 0.4) is 0 Å². The molecule has 0 radical (unpaired) electrons. The third-order valence-electron chi connectivity index (χ3n) is 5.32. The third-order valence-corrected chi connectivity index (χ3v) is 6.21. The lowest BCUT2D eigenvalue weighted by Gasteiger charge is -2.16. The summed E-state index contributed by atoms with van der Waals surface area (Å²) in [6.45, 7) is 6.12. The zero-order valence-electron chi connectivity index (χ0n) is 20.7. The maximum absolute atomic E-state index is 12.4. The summed E-state index contributed by atoms with van der Waals surface area (Å²) in [6, 6.07) is 23.0. The number of esters is 1. The molecule has 36 heavy (non-hydrogen) atoms. The molecule has 1 atom stereocenters. The molecular weight excluding hydrogens is 479 g/mol. The molecular formula is C28H31O7P. The molecule has 3 aromatic carbocycles. The van der Waals surface area contributed by atoms with Crippen LogP contribution < -0.4 is 13.8 Å². The summed E-state index contributed by atoms with van der Waals surface area (Å²) in [6.07, 6.45) is 1.60. The minimum atomic E-state index is -4.33.